The topological polar surface area (TPSA) is 75.4 Å². The van der Waals surface area contributed by atoms with Crippen LogP contribution < -0.4 is 14.8 Å². The van der Waals surface area contributed by atoms with Crippen molar-refractivity contribution < 1.29 is 14.0 Å². The Morgan fingerprint density at radius 1 is 1.20 bits per heavy atom. The van der Waals surface area contributed by atoms with Crippen molar-refractivity contribution >= 4 is 41.5 Å². The van der Waals surface area contributed by atoms with Gasteiger partial charge >= 0.3 is 0 Å². The molecule has 0 saturated carbocycles. The molecule has 0 spiro atoms. The van der Waals surface area contributed by atoms with Gasteiger partial charge in [-0.05, 0) is 24.6 Å². The summed E-state index contributed by atoms with van der Waals surface area (Å²) in [6.45, 7) is 9.02. The van der Waals surface area contributed by atoms with Crippen molar-refractivity contribution in [1.82, 2.24) is 20.3 Å². The Morgan fingerprint density at radius 3 is 2.73 bits per heavy atom. The lowest BCUT2D eigenvalue weighted by Crippen LogP contribution is -2.52. The minimum absolute atomic E-state index is 0. The second-order valence-electron chi connectivity index (χ2n) is 7.03. The van der Waals surface area contributed by atoms with E-state index in [-0.39, 0.29) is 24.0 Å². The number of rotatable bonds is 5. The van der Waals surface area contributed by atoms with Crippen LogP contribution in [-0.4, -0.2) is 66.9 Å². The van der Waals surface area contributed by atoms with Crippen LogP contribution in [0.4, 0.5) is 0 Å². The van der Waals surface area contributed by atoms with Gasteiger partial charge in [0.1, 0.15) is 19.5 Å². The second-order valence-corrected chi connectivity index (χ2v) is 7.43. The summed E-state index contributed by atoms with van der Waals surface area (Å²) in [4.78, 5) is 9.50. The molecule has 0 bridgehead atoms. The van der Waals surface area contributed by atoms with Crippen LogP contribution in [0, 0.1) is 0 Å². The zero-order valence-electron chi connectivity index (χ0n) is 17.0. The summed E-state index contributed by atoms with van der Waals surface area (Å²) >= 11 is 6.35. The van der Waals surface area contributed by atoms with Crippen molar-refractivity contribution in [2.24, 2.45) is 4.99 Å². The van der Waals surface area contributed by atoms with Gasteiger partial charge in [-0.2, -0.15) is 0 Å². The predicted octanol–water partition coefficient (Wildman–Crippen LogP) is 3.00. The summed E-state index contributed by atoms with van der Waals surface area (Å²) in [5, 5.41) is 7.97. The average Bonchev–Trinajstić information content (AvgIpc) is 3.25. The molecule has 2 aliphatic rings. The van der Waals surface area contributed by atoms with Crippen LogP contribution >= 0.6 is 35.6 Å². The maximum absolute atomic E-state index is 6.35. The van der Waals surface area contributed by atoms with Crippen LogP contribution in [0.1, 0.15) is 18.2 Å². The molecule has 2 aromatic rings. The number of nitrogens with one attached hydrogen (secondary N) is 1. The second kappa shape index (κ2) is 11.1. The van der Waals surface area contributed by atoms with E-state index in [2.05, 4.69) is 27.2 Å². The zero-order valence-corrected chi connectivity index (χ0v) is 20.1. The highest BCUT2D eigenvalue weighted by molar-refractivity contribution is 14.0. The standard InChI is InChI=1S/C20H26ClN5O3.HI/c1-2-22-20(26-6-4-25(5-7-26)14-16-3-8-29-24-16)23-13-15-11-17(21)19-18(12-15)27-9-10-28-19;/h3,8,11-12H,2,4-7,9-10,13-14H2,1H3,(H,22,23);1H. The number of guanidine groups is 1. The Hall–Kier alpha value is -1.72. The Morgan fingerprint density at radius 2 is 2.00 bits per heavy atom. The third kappa shape index (κ3) is 5.70. The molecular formula is C20H27ClIN5O3. The normalized spacial score (nSPS) is 16.9. The van der Waals surface area contributed by atoms with Gasteiger partial charge in [0.25, 0.3) is 0 Å². The Bertz CT molecular complexity index is 841. The zero-order chi connectivity index (χ0) is 20.1. The van der Waals surface area contributed by atoms with Gasteiger partial charge in [-0.1, -0.05) is 16.8 Å². The number of piperazine rings is 1. The van der Waals surface area contributed by atoms with E-state index in [1.165, 1.54) is 0 Å². The van der Waals surface area contributed by atoms with Gasteiger partial charge in [0, 0.05) is 45.3 Å². The first-order chi connectivity index (χ1) is 14.2. The predicted molar refractivity (Wildman–Crippen MR) is 126 cm³/mol. The van der Waals surface area contributed by atoms with E-state index in [9.17, 15) is 0 Å². The van der Waals surface area contributed by atoms with Crippen LogP contribution in [0.5, 0.6) is 11.5 Å². The molecule has 1 fully saturated rings. The van der Waals surface area contributed by atoms with Gasteiger partial charge in [0.2, 0.25) is 0 Å². The van der Waals surface area contributed by atoms with E-state index >= 15 is 0 Å². The highest BCUT2D eigenvalue weighted by atomic mass is 127. The summed E-state index contributed by atoms with van der Waals surface area (Å²) in [5.41, 5.74) is 1.97. The van der Waals surface area contributed by atoms with Gasteiger partial charge < -0.3 is 24.2 Å². The molecule has 0 aliphatic carbocycles. The van der Waals surface area contributed by atoms with Gasteiger partial charge in [-0.3, -0.25) is 4.90 Å². The third-order valence-corrected chi connectivity index (χ3v) is 5.23. The van der Waals surface area contributed by atoms with Crippen molar-refractivity contribution in [3.8, 4) is 11.5 Å². The largest absolute Gasteiger partial charge is 0.486 e. The van der Waals surface area contributed by atoms with Crippen LogP contribution in [0.2, 0.25) is 5.02 Å². The SMILES string of the molecule is CCNC(=NCc1cc(Cl)c2c(c1)OCCO2)N1CCN(Cc2ccon2)CC1.I. The van der Waals surface area contributed by atoms with Crippen LogP contribution in [0.15, 0.2) is 34.0 Å². The van der Waals surface area contributed by atoms with Crippen LogP contribution in [0.3, 0.4) is 0 Å². The number of hydrogen-bond acceptors (Lipinski definition) is 6. The first-order valence-electron chi connectivity index (χ1n) is 9.96. The molecule has 0 amide bonds. The van der Waals surface area contributed by atoms with Crippen LogP contribution in [-0.2, 0) is 13.1 Å². The van der Waals surface area contributed by atoms with Crippen molar-refractivity contribution in [2.45, 2.75) is 20.0 Å². The van der Waals surface area contributed by atoms with E-state index in [0.717, 1.165) is 56.5 Å². The smallest absolute Gasteiger partial charge is 0.194 e. The number of nitrogens with zero attached hydrogens (tertiary/aromatic N) is 4. The molecule has 2 aliphatic heterocycles. The number of aromatic nitrogens is 1. The maximum atomic E-state index is 6.35. The molecule has 1 saturated heterocycles. The van der Waals surface area contributed by atoms with E-state index in [4.69, 9.17) is 30.6 Å². The molecule has 1 aromatic carbocycles. The molecule has 1 aromatic heterocycles. The summed E-state index contributed by atoms with van der Waals surface area (Å²) in [6.07, 6.45) is 1.62. The minimum atomic E-state index is 0. The van der Waals surface area contributed by atoms with E-state index in [1.807, 2.05) is 18.2 Å². The molecule has 3 heterocycles. The summed E-state index contributed by atoms with van der Waals surface area (Å²) in [5.74, 6) is 2.24. The lowest BCUT2D eigenvalue weighted by atomic mass is 10.2. The molecule has 8 nitrogen and oxygen atoms in total. The number of aliphatic imine (C=N–C) groups is 1. The fourth-order valence-electron chi connectivity index (χ4n) is 3.51. The minimum Gasteiger partial charge on any atom is -0.486 e. The molecule has 1 N–H and O–H groups in total. The molecule has 0 unspecified atom stereocenters. The van der Waals surface area contributed by atoms with Crippen molar-refractivity contribution in [2.75, 3.05) is 45.9 Å². The molecule has 10 heteroatoms. The van der Waals surface area contributed by atoms with Crippen molar-refractivity contribution in [3.05, 3.63) is 40.7 Å². The number of fused-ring (bicyclic) bond motifs is 1. The Balaban J connectivity index is 0.00000256. The average molecular weight is 548 g/mol. The number of ether oxygens (including phenoxy) is 2. The monoisotopic (exact) mass is 547 g/mol. The quantitative estimate of drug-likeness (QED) is 0.350. The van der Waals surface area contributed by atoms with E-state index < -0.39 is 0 Å². The summed E-state index contributed by atoms with van der Waals surface area (Å²) in [6, 6.07) is 5.78. The molecule has 4 rings (SSSR count). The number of halogens is 2. The lowest BCUT2D eigenvalue weighted by Gasteiger charge is -2.36. The summed E-state index contributed by atoms with van der Waals surface area (Å²) in [7, 11) is 0. The molecule has 30 heavy (non-hydrogen) atoms. The highest BCUT2D eigenvalue weighted by Crippen LogP contribution is 2.38. The van der Waals surface area contributed by atoms with Crippen molar-refractivity contribution in [1.29, 1.82) is 0 Å². The van der Waals surface area contributed by atoms with E-state index in [1.54, 1.807) is 6.26 Å². The van der Waals surface area contributed by atoms with Gasteiger partial charge in [-0.15, -0.1) is 24.0 Å². The first kappa shape index (κ1) is 23.0. The van der Waals surface area contributed by atoms with Gasteiger partial charge in [0.05, 0.1) is 17.3 Å². The van der Waals surface area contributed by atoms with Gasteiger partial charge in [0.15, 0.2) is 17.5 Å². The van der Waals surface area contributed by atoms with Crippen LogP contribution in [0.25, 0.3) is 0 Å². The van der Waals surface area contributed by atoms with E-state index in [0.29, 0.717) is 36.3 Å². The maximum Gasteiger partial charge on any atom is 0.194 e. The van der Waals surface area contributed by atoms with Crippen molar-refractivity contribution in [3.63, 3.8) is 0 Å². The summed E-state index contributed by atoms with van der Waals surface area (Å²) < 4.78 is 16.2. The van der Waals surface area contributed by atoms with Gasteiger partial charge in [-0.25, -0.2) is 4.99 Å². The molecular weight excluding hydrogens is 521 g/mol. The highest BCUT2D eigenvalue weighted by Gasteiger charge is 2.21. The fourth-order valence-corrected chi connectivity index (χ4v) is 3.80. The Kier molecular flexibility index (Phi) is 8.46. The first-order valence-corrected chi connectivity index (χ1v) is 10.3. The third-order valence-electron chi connectivity index (χ3n) is 4.95. The fraction of sp³-hybridized carbons (Fsp3) is 0.500. The lowest BCUT2D eigenvalue weighted by molar-refractivity contribution is 0.169. The molecule has 0 atom stereocenters. The molecule has 0 radical (unpaired) electrons. The Labute approximate surface area is 198 Å². The number of benzene rings is 1. The number of hydrogen-bond donors (Lipinski definition) is 1. The molecule has 164 valence electrons.